The number of nitrogens with zero attached hydrogens (tertiary/aromatic N) is 3. The van der Waals surface area contributed by atoms with Crippen LogP contribution in [0.5, 0.6) is 0 Å². The average Bonchev–Trinajstić information content (AvgIpc) is 2.85. The van der Waals surface area contributed by atoms with Gasteiger partial charge in [-0.2, -0.15) is 0 Å². The minimum absolute atomic E-state index is 0.0221. The molecule has 0 radical (unpaired) electrons. The van der Waals surface area contributed by atoms with Crippen LogP contribution in [0, 0.1) is 0 Å². The molecule has 108 valence electrons. The number of rotatable bonds is 6. The molecule has 8 heteroatoms. The van der Waals surface area contributed by atoms with Crippen LogP contribution in [0.15, 0.2) is 35.4 Å². The summed E-state index contributed by atoms with van der Waals surface area (Å²) in [5.74, 6) is -0.0221. The highest BCUT2D eigenvalue weighted by Crippen LogP contribution is 2.15. The first kappa shape index (κ1) is 15.5. The Labute approximate surface area is 131 Å². The number of alkyl halides is 1. The monoisotopic (exact) mass is 377 g/mol. The van der Waals surface area contributed by atoms with Gasteiger partial charge in [-0.3, -0.25) is 4.68 Å². The molecular weight excluding hydrogens is 366 g/mol. The summed E-state index contributed by atoms with van der Waals surface area (Å²) in [6.07, 6.45) is 2.53. The van der Waals surface area contributed by atoms with E-state index in [2.05, 4.69) is 26.2 Å². The van der Waals surface area contributed by atoms with Gasteiger partial charge in [-0.05, 0) is 24.3 Å². The van der Waals surface area contributed by atoms with Crippen molar-refractivity contribution < 1.29 is 8.42 Å². The number of hydrogen-bond donors (Lipinski definition) is 0. The highest BCUT2D eigenvalue weighted by atomic mass is 79.9. The van der Waals surface area contributed by atoms with E-state index in [1.165, 1.54) is 12.1 Å². The zero-order chi connectivity index (χ0) is 14.6. The minimum Gasteiger partial charge on any atom is -0.251 e. The number of halogens is 2. The second-order valence-electron chi connectivity index (χ2n) is 4.18. The van der Waals surface area contributed by atoms with Gasteiger partial charge in [-0.15, -0.1) is 5.10 Å². The smallest absolute Gasteiger partial charge is 0.180 e. The molecule has 0 unspecified atom stereocenters. The van der Waals surface area contributed by atoms with E-state index >= 15 is 0 Å². The maximum Gasteiger partial charge on any atom is 0.180 e. The van der Waals surface area contributed by atoms with Crippen LogP contribution >= 0.6 is 27.5 Å². The third-order valence-electron chi connectivity index (χ3n) is 2.70. The molecule has 2 aromatic rings. The normalized spacial score (nSPS) is 11.7. The molecule has 0 atom stereocenters. The van der Waals surface area contributed by atoms with Crippen molar-refractivity contribution in [1.82, 2.24) is 15.0 Å². The SMILES string of the molecule is O=S(=O)(CCn1cc(CCBr)nn1)c1ccc(Cl)cc1. The van der Waals surface area contributed by atoms with E-state index in [0.29, 0.717) is 5.02 Å². The van der Waals surface area contributed by atoms with Crippen LogP contribution in [0.25, 0.3) is 0 Å². The molecule has 0 spiro atoms. The van der Waals surface area contributed by atoms with Crippen LogP contribution in [0.3, 0.4) is 0 Å². The molecule has 1 heterocycles. The summed E-state index contributed by atoms with van der Waals surface area (Å²) in [6.45, 7) is 0.278. The zero-order valence-corrected chi connectivity index (χ0v) is 13.7. The van der Waals surface area contributed by atoms with Crippen molar-refractivity contribution in [1.29, 1.82) is 0 Å². The molecule has 0 aliphatic carbocycles. The Bertz CT molecular complexity index is 670. The first-order valence-electron chi connectivity index (χ1n) is 5.94. The minimum atomic E-state index is -3.33. The summed E-state index contributed by atoms with van der Waals surface area (Å²) in [6, 6.07) is 6.15. The van der Waals surface area contributed by atoms with Gasteiger partial charge in [0, 0.05) is 23.0 Å². The molecule has 0 aliphatic rings. The second-order valence-corrected chi connectivity index (χ2v) is 7.52. The number of hydrogen-bond acceptors (Lipinski definition) is 4. The number of sulfone groups is 1. The van der Waals surface area contributed by atoms with Gasteiger partial charge in [-0.25, -0.2) is 8.42 Å². The quantitative estimate of drug-likeness (QED) is 0.724. The molecule has 0 N–H and O–H groups in total. The van der Waals surface area contributed by atoms with Gasteiger partial charge in [0.25, 0.3) is 0 Å². The molecule has 1 aromatic carbocycles. The average molecular weight is 379 g/mol. The van der Waals surface area contributed by atoms with Crippen molar-refractivity contribution in [2.75, 3.05) is 11.1 Å². The van der Waals surface area contributed by atoms with Crippen LogP contribution in [0.2, 0.25) is 5.02 Å². The lowest BCUT2D eigenvalue weighted by atomic mass is 10.4. The number of aromatic nitrogens is 3. The van der Waals surface area contributed by atoms with Gasteiger partial charge in [-0.1, -0.05) is 32.7 Å². The molecule has 2 rings (SSSR count). The van der Waals surface area contributed by atoms with Crippen molar-refractivity contribution in [2.45, 2.75) is 17.9 Å². The van der Waals surface area contributed by atoms with Crippen molar-refractivity contribution in [2.24, 2.45) is 0 Å². The molecule has 0 bridgehead atoms. The van der Waals surface area contributed by atoms with Crippen LogP contribution in [-0.4, -0.2) is 34.5 Å². The number of benzene rings is 1. The largest absolute Gasteiger partial charge is 0.251 e. The Morgan fingerprint density at radius 2 is 1.95 bits per heavy atom. The van der Waals surface area contributed by atoms with Gasteiger partial charge in [0.15, 0.2) is 9.84 Å². The molecule has 0 saturated heterocycles. The molecule has 1 aromatic heterocycles. The van der Waals surface area contributed by atoms with E-state index in [-0.39, 0.29) is 17.2 Å². The first-order valence-corrected chi connectivity index (χ1v) is 9.10. The van der Waals surface area contributed by atoms with Crippen molar-refractivity contribution in [3.8, 4) is 0 Å². The van der Waals surface area contributed by atoms with E-state index in [4.69, 9.17) is 11.6 Å². The topological polar surface area (TPSA) is 64.8 Å². The molecule has 0 amide bonds. The summed E-state index contributed by atoms with van der Waals surface area (Å²) in [5, 5.41) is 9.18. The Hall–Kier alpha value is -0.920. The molecule has 20 heavy (non-hydrogen) atoms. The lowest BCUT2D eigenvalue weighted by Crippen LogP contribution is -2.13. The molecular formula is C12H13BrClN3O2S. The first-order chi connectivity index (χ1) is 9.51. The van der Waals surface area contributed by atoms with E-state index < -0.39 is 9.84 Å². The predicted molar refractivity (Wildman–Crippen MR) is 81.0 cm³/mol. The Morgan fingerprint density at radius 1 is 1.25 bits per heavy atom. The van der Waals surface area contributed by atoms with Gasteiger partial charge < -0.3 is 0 Å². The Balaban J connectivity index is 2.03. The van der Waals surface area contributed by atoms with Gasteiger partial charge in [0.1, 0.15) is 0 Å². The van der Waals surface area contributed by atoms with Gasteiger partial charge in [0.05, 0.1) is 22.9 Å². The fourth-order valence-electron chi connectivity index (χ4n) is 1.63. The lowest BCUT2D eigenvalue weighted by Gasteiger charge is -2.04. The fourth-order valence-corrected chi connectivity index (χ4v) is 3.38. The second kappa shape index (κ2) is 6.69. The Kier molecular flexibility index (Phi) is 5.17. The lowest BCUT2D eigenvalue weighted by molar-refractivity contribution is 0.575. The summed E-state index contributed by atoms with van der Waals surface area (Å²) >= 11 is 9.06. The third-order valence-corrected chi connectivity index (χ3v) is 5.06. The van der Waals surface area contributed by atoms with Gasteiger partial charge >= 0.3 is 0 Å². The summed E-state index contributed by atoms with van der Waals surface area (Å²) in [7, 11) is -3.33. The standard InChI is InChI=1S/C12H13BrClN3O2S/c13-6-5-11-9-17(16-15-11)7-8-20(18,19)12-3-1-10(14)2-4-12/h1-4,9H,5-8H2. The van der Waals surface area contributed by atoms with Crippen LogP contribution in [-0.2, 0) is 22.8 Å². The summed E-state index contributed by atoms with van der Waals surface area (Å²) in [5.41, 5.74) is 0.839. The zero-order valence-electron chi connectivity index (χ0n) is 10.5. The maximum atomic E-state index is 12.1. The molecule has 0 fully saturated rings. The highest BCUT2D eigenvalue weighted by Gasteiger charge is 2.14. The van der Waals surface area contributed by atoms with Crippen molar-refractivity contribution in [3.63, 3.8) is 0 Å². The fraction of sp³-hybridized carbons (Fsp3) is 0.333. The molecule has 5 nitrogen and oxygen atoms in total. The van der Waals surface area contributed by atoms with Crippen molar-refractivity contribution >= 4 is 37.4 Å². The van der Waals surface area contributed by atoms with E-state index in [0.717, 1.165) is 17.4 Å². The highest BCUT2D eigenvalue weighted by molar-refractivity contribution is 9.09. The maximum absolute atomic E-state index is 12.1. The van der Waals surface area contributed by atoms with Crippen LogP contribution < -0.4 is 0 Å². The summed E-state index contributed by atoms with van der Waals surface area (Å²) < 4.78 is 25.8. The van der Waals surface area contributed by atoms with E-state index in [9.17, 15) is 8.42 Å². The van der Waals surface area contributed by atoms with E-state index in [1.807, 2.05) is 0 Å². The molecule has 0 saturated carbocycles. The van der Waals surface area contributed by atoms with Gasteiger partial charge in [0.2, 0.25) is 0 Å². The van der Waals surface area contributed by atoms with Crippen LogP contribution in [0.1, 0.15) is 5.69 Å². The Morgan fingerprint density at radius 3 is 2.60 bits per heavy atom. The summed E-state index contributed by atoms with van der Waals surface area (Å²) in [4.78, 5) is 0.266. The van der Waals surface area contributed by atoms with Crippen LogP contribution in [0.4, 0.5) is 0 Å². The third kappa shape index (κ3) is 4.04. The molecule has 0 aliphatic heterocycles. The predicted octanol–water partition coefficient (Wildman–Crippen LogP) is 2.34. The van der Waals surface area contributed by atoms with E-state index in [1.54, 1.807) is 23.0 Å². The van der Waals surface area contributed by atoms with Crippen molar-refractivity contribution in [3.05, 3.63) is 41.2 Å². The number of aryl methyl sites for hydroxylation is 2.